The summed E-state index contributed by atoms with van der Waals surface area (Å²) < 4.78 is 30.7. The van der Waals surface area contributed by atoms with Crippen molar-refractivity contribution >= 4 is 22.3 Å². The number of amides is 1. The van der Waals surface area contributed by atoms with Gasteiger partial charge in [0.05, 0.1) is 6.61 Å². The predicted octanol–water partition coefficient (Wildman–Crippen LogP) is -0.226. The fourth-order valence-corrected chi connectivity index (χ4v) is 2.91. The van der Waals surface area contributed by atoms with Crippen LogP contribution < -0.4 is 4.72 Å². The van der Waals surface area contributed by atoms with Gasteiger partial charge >= 0.3 is 22.3 Å². The van der Waals surface area contributed by atoms with E-state index in [0.717, 1.165) is 4.31 Å². The SMILES string of the molecule is CCOC(=O)NS(=O)(=O)N1CCC(CC(=O)O)C1. The molecule has 8 nitrogen and oxygen atoms in total. The molecule has 0 aromatic rings. The van der Waals surface area contributed by atoms with E-state index in [4.69, 9.17) is 5.11 Å². The van der Waals surface area contributed by atoms with Crippen LogP contribution in [-0.2, 0) is 19.7 Å². The van der Waals surface area contributed by atoms with Gasteiger partial charge in [-0.15, -0.1) is 0 Å². The number of nitrogens with one attached hydrogen (secondary N) is 1. The Bertz CT molecular complexity index is 421. The third-order valence-electron chi connectivity index (χ3n) is 2.54. The Morgan fingerprint density at radius 3 is 2.72 bits per heavy atom. The van der Waals surface area contributed by atoms with Crippen LogP contribution in [0.5, 0.6) is 0 Å². The van der Waals surface area contributed by atoms with Crippen LogP contribution in [0.3, 0.4) is 0 Å². The van der Waals surface area contributed by atoms with Crippen molar-refractivity contribution in [2.24, 2.45) is 5.92 Å². The highest BCUT2D eigenvalue weighted by atomic mass is 32.2. The maximum Gasteiger partial charge on any atom is 0.421 e. The topological polar surface area (TPSA) is 113 Å². The first-order valence-corrected chi connectivity index (χ1v) is 6.95. The Labute approximate surface area is 105 Å². The van der Waals surface area contributed by atoms with Crippen molar-refractivity contribution in [3.8, 4) is 0 Å². The lowest BCUT2D eigenvalue weighted by Crippen LogP contribution is -2.42. The van der Waals surface area contributed by atoms with Crippen molar-refractivity contribution in [2.75, 3.05) is 19.7 Å². The molecule has 0 bridgehead atoms. The van der Waals surface area contributed by atoms with E-state index < -0.39 is 22.3 Å². The van der Waals surface area contributed by atoms with Gasteiger partial charge in [-0.05, 0) is 19.3 Å². The summed E-state index contributed by atoms with van der Waals surface area (Å²) in [5.41, 5.74) is 0. The molecule has 1 aliphatic rings. The summed E-state index contributed by atoms with van der Waals surface area (Å²) in [5.74, 6) is -1.18. The standard InChI is InChI=1S/C9H16N2O6S/c1-2-17-9(14)10-18(15,16)11-4-3-7(6-11)5-8(12)13/h7H,2-6H2,1H3,(H,10,14)(H,12,13). The maximum atomic E-state index is 11.7. The number of carboxylic acid groups (broad SMARTS) is 1. The van der Waals surface area contributed by atoms with E-state index in [1.165, 1.54) is 0 Å². The van der Waals surface area contributed by atoms with Gasteiger partial charge in [0.15, 0.2) is 0 Å². The molecule has 1 heterocycles. The van der Waals surface area contributed by atoms with E-state index >= 15 is 0 Å². The van der Waals surface area contributed by atoms with Crippen molar-refractivity contribution in [1.82, 2.24) is 9.03 Å². The number of rotatable bonds is 5. The number of hydrogen-bond donors (Lipinski definition) is 2. The minimum Gasteiger partial charge on any atom is -0.481 e. The van der Waals surface area contributed by atoms with Crippen molar-refractivity contribution in [1.29, 1.82) is 0 Å². The smallest absolute Gasteiger partial charge is 0.421 e. The molecule has 0 aromatic heterocycles. The van der Waals surface area contributed by atoms with E-state index in [1.54, 1.807) is 11.6 Å². The minimum atomic E-state index is -3.93. The van der Waals surface area contributed by atoms with E-state index in [1.807, 2.05) is 0 Å². The van der Waals surface area contributed by atoms with Crippen molar-refractivity contribution in [2.45, 2.75) is 19.8 Å². The second-order valence-electron chi connectivity index (χ2n) is 3.94. The highest BCUT2D eigenvalue weighted by molar-refractivity contribution is 7.87. The summed E-state index contributed by atoms with van der Waals surface area (Å²) in [6.45, 7) is 1.93. The van der Waals surface area contributed by atoms with Gasteiger partial charge in [0, 0.05) is 19.5 Å². The van der Waals surface area contributed by atoms with Gasteiger partial charge in [-0.3, -0.25) is 4.79 Å². The molecule has 1 fully saturated rings. The first-order chi connectivity index (χ1) is 8.35. The number of nitrogens with zero attached hydrogens (tertiary/aromatic N) is 1. The zero-order valence-corrected chi connectivity index (χ0v) is 10.8. The number of carbonyl (C=O) groups is 2. The van der Waals surface area contributed by atoms with Gasteiger partial charge in [-0.1, -0.05) is 0 Å². The number of hydrogen-bond acceptors (Lipinski definition) is 5. The van der Waals surface area contributed by atoms with Crippen LogP contribution in [0.25, 0.3) is 0 Å². The molecule has 2 N–H and O–H groups in total. The lowest BCUT2D eigenvalue weighted by atomic mass is 10.1. The third-order valence-corrected chi connectivity index (χ3v) is 3.98. The third kappa shape index (κ3) is 4.15. The molecular weight excluding hydrogens is 264 g/mol. The molecule has 104 valence electrons. The fraction of sp³-hybridized carbons (Fsp3) is 0.778. The van der Waals surface area contributed by atoms with Crippen LogP contribution in [-0.4, -0.2) is 49.6 Å². The van der Waals surface area contributed by atoms with Gasteiger partial charge in [-0.2, -0.15) is 12.7 Å². The number of aliphatic carboxylic acids is 1. The van der Waals surface area contributed by atoms with Gasteiger partial charge < -0.3 is 9.84 Å². The first kappa shape index (κ1) is 14.7. The van der Waals surface area contributed by atoms with Crippen LogP contribution in [0.4, 0.5) is 4.79 Å². The molecule has 18 heavy (non-hydrogen) atoms. The molecule has 0 radical (unpaired) electrons. The van der Waals surface area contributed by atoms with E-state index in [9.17, 15) is 18.0 Å². The number of carbonyl (C=O) groups excluding carboxylic acids is 1. The molecular formula is C9H16N2O6S. The Hall–Kier alpha value is -1.35. The van der Waals surface area contributed by atoms with Gasteiger partial charge in [0.2, 0.25) is 0 Å². The van der Waals surface area contributed by atoms with Crippen LogP contribution in [0.1, 0.15) is 19.8 Å². The van der Waals surface area contributed by atoms with E-state index in [0.29, 0.717) is 6.42 Å². The zero-order valence-electron chi connectivity index (χ0n) is 9.96. The predicted molar refractivity (Wildman–Crippen MR) is 61.0 cm³/mol. The molecule has 1 unspecified atom stereocenters. The average Bonchev–Trinajstić information content (AvgIpc) is 2.65. The molecule has 1 saturated heterocycles. The molecule has 1 atom stereocenters. The molecule has 1 amide bonds. The average molecular weight is 280 g/mol. The van der Waals surface area contributed by atoms with Crippen LogP contribution >= 0.6 is 0 Å². The second-order valence-corrected chi connectivity index (χ2v) is 5.61. The van der Waals surface area contributed by atoms with Crippen LogP contribution in [0.15, 0.2) is 0 Å². The summed E-state index contributed by atoms with van der Waals surface area (Å²) in [6, 6.07) is 0. The van der Waals surface area contributed by atoms with E-state index in [-0.39, 0.29) is 32.0 Å². The Morgan fingerprint density at radius 1 is 1.50 bits per heavy atom. The number of carboxylic acids is 1. The van der Waals surface area contributed by atoms with Crippen LogP contribution in [0, 0.1) is 5.92 Å². The summed E-state index contributed by atoms with van der Waals surface area (Å²) >= 11 is 0. The lowest BCUT2D eigenvalue weighted by Gasteiger charge is -2.16. The first-order valence-electron chi connectivity index (χ1n) is 5.51. The maximum absolute atomic E-state index is 11.7. The van der Waals surface area contributed by atoms with Crippen molar-refractivity contribution < 1.29 is 27.9 Å². The quantitative estimate of drug-likeness (QED) is 0.719. The van der Waals surface area contributed by atoms with Crippen LogP contribution in [0.2, 0.25) is 0 Å². The van der Waals surface area contributed by atoms with Crippen molar-refractivity contribution in [3.63, 3.8) is 0 Å². The van der Waals surface area contributed by atoms with Gasteiger partial charge in [0.1, 0.15) is 0 Å². The molecule has 9 heteroatoms. The normalized spacial score (nSPS) is 20.6. The summed E-state index contributed by atoms with van der Waals surface area (Å²) in [6.07, 6.45) is -0.638. The Morgan fingerprint density at radius 2 is 2.17 bits per heavy atom. The summed E-state index contributed by atoms with van der Waals surface area (Å²) in [5, 5.41) is 8.62. The van der Waals surface area contributed by atoms with Gasteiger partial charge in [0.25, 0.3) is 0 Å². The molecule has 0 saturated carbocycles. The van der Waals surface area contributed by atoms with E-state index in [2.05, 4.69) is 4.74 Å². The summed E-state index contributed by atoms with van der Waals surface area (Å²) in [4.78, 5) is 21.6. The molecule has 0 aliphatic carbocycles. The van der Waals surface area contributed by atoms with Crippen molar-refractivity contribution in [3.05, 3.63) is 0 Å². The second kappa shape index (κ2) is 6.01. The fourth-order valence-electron chi connectivity index (χ4n) is 1.76. The minimum absolute atomic E-state index is 0.0724. The monoisotopic (exact) mass is 280 g/mol. The zero-order chi connectivity index (χ0) is 13.8. The molecule has 1 aliphatic heterocycles. The Kier molecular flexibility index (Phi) is 4.91. The highest BCUT2D eigenvalue weighted by Gasteiger charge is 2.33. The molecule has 0 aromatic carbocycles. The highest BCUT2D eigenvalue weighted by Crippen LogP contribution is 2.21. The largest absolute Gasteiger partial charge is 0.481 e. The van der Waals surface area contributed by atoms with Gasteiger partial charge in [-0.25, -0.2) is 9.52 Å². The lowest BCUT2D eigenvalue weighted by molar-refractivity contribution is -0.138. The molecule has 1 rings (SSSR count). The summed E-state index contributed by atoms with van der Waals surface area (Å²) in [7, 11) is -3.93. The molecule has 0 spiro atoms. The number of ether oxygens (including phenoxy) is 1. The Balaban J connectivity index is 2.55.